The van der Waals surface area contributed by atoms with E-state index < -0.39 is 17.3 Å². The monoisotopic (exact) mass is 328 g/mol. The molecule has 0 heterocycles. The van der Waals surface area contributed by atoms with Crippen LogP contribution in [-0.2, 0) is 0 Å². The highest BCUT2D eigenvalue weighted by molar-refractivity contribution is 7.80. The van der Waals surface area contributed by atoms with E-state index >= 15 is 0 Å². The fraction of sp³-hybridized carbons (Fsp3) is 0.467. The minimum absolute atomic E-state index is 0.0760. The molecular weight excluding hydrogens is 311 g/mol. The molecule has 1 aliphatic rings. The number of thiocarbonyl (C=S) groups is 1. The first-order chi connectivity index (χ1) is 9.96. The molecule has 0 bridgehead atoms. The van der Waals surface area contributed by atoms with Crippen LogP contribution < -0.4 is 11.1 Å². The van der Waals surface area contributed by atoms with Crippen molar-refractivity contribution in [2.45, 2.75) is 44.1 Å². The normalized spacial score (nSPS) is 17.8. The molecule has 21 heavy (non-hydrogen) atoms. The Hall–Kier alpha value is -1.20. The predicted molar refractivity (Wildman–Crippen MR) is 86.1 cm³/mol. The maximum atomic E-state index is 14.0. The Morgan fingerprint density at radius 1 is 1.29 bits per heavy atom. The smallest absolute Gasteiger partial charge is 0.255 e. The van der Waals surface area contributed by atoms with Gasteiger partial charge in [-0.1, -0.05) is 55.6 Å². The number of amides is 1. The average molecular weight is 329 g/mol. The van der Waals surface area contributed by atoms with Crippen LogP contribution in [0.25, 0.3) is 0 Å². The number of benzene rings is 1. The molecule has 1 aromatic carbocycles. The molecule has 114 valence electrons. The molecule has 0 unspecified atom stereocenters. The molecule has 1 fully saturated rings. The van der Waals surface area contributed by atoms with E-state index in [1.807, 2.05) is 0 Å². The molecule has 3 nitrogen and oxygen atoms in total. The Morgan fingerprint density at radius 3 is 2.48 bits per heavy atom. The van der Waals surface area contributed by atoms with Gasteiger partial charge in [-0.05, 0) is 25.0 Å². The van der Waals surface area contributed by atoms with Crippen LogP contribution in [0.5, 0.6) is 0 Å². The highest BCUT2D eigenvalue weighted by Gasteiger charge is 2.36. The molecule has 1 amide bonds. The number of nitrogens with one attached hydrogen (secondary N) is 1. The molecular formula is C15H18ClFN2OS. The lowest BCUT2D eigenvalue weighted by Crippen LogP contribution is -2.56. The molecule has 0 aliphatic heterocycles. The summed E-state index contributed by atoms with van der Waals surface area (Å²) >= 11 is 10.9. The third-order valence-corrected chi connectivity index (χ3v) is 4.66. The predicted octanol–water partition coefficient (Wildman–Crippen LogP) is 3.59. The van der Waals surface area contributed by atoms with E-state index in [1.165, 1.54) is 12.1 Å². The lowest BCUT2D eigenvalue weighted by molar-refractivity contribution is 0.0913. The molecule has 2 rings (SSSR count). The van der Waals surface area contributed by atoms with Gasteiger partial charge in [-0.15, -0.1) is 0 Å². The number of carbonyl (C=O) groups excluding carboxylic acids is 1. The highest BCUT2D eigenvalue weighted by Crippen LogP contribution is 2.28. The minimum atomic E-state index is -0.725. The van der Waals surface area contributed by atoms with Crippen molar-refractivity contribution in [1.29, 1.82) is 0 Å². The van der Waals surface area contributed by atoms with Crippen molar-refractivity contribution in [3.8, 4) is 0 Å². The number of hydrogen-bond donors (Lipinski definition) is 2. The van der Waals surface area contributed by atoms with Crippen molar-refractivity contribution in [2.24, 2.45) is 5.73 Å². The second-order valence-corrected chi connectivity index (χ2v) is 6.26. The van der Waals surface area contributed by atoms with Crippen molar-refractivity contribution in [1.82, 2.24) is 5.32 Å². The molecule has 3 N–H and O–H groups in total. The molecule has 1 saturated carbocycles. The molecule has 0 radical (unpaired) electrons. The second-order valence-electron chi connectivity index (χ2n) is 5.42. The van der Waals surface area contributed by atoms with Crippen molar-refractivity contribution in [2.75, 3.05) is 0 Å². The lowest BCUT2D eigenvalue weighted by atomic mass is 9.89. The SMILES string of the molecule is NC(=S)C1(NC(=O)c2cccc(Cl)c2F)CCCCCC1. The largest absolute Gasteiger partial charge is 0.391 e. The van der Waals surface area contributed by atoms with E-state index in [0.717, 1.165) is 25.7 Å². The van der Waals surface area contributed by atoms with E-state index in [0.29, 0.717) is 12.8 Å². The third kappa shape index (κ3) is 3.52. The minimum Gasteiger partial charge on any atom is -0.391 e. The maximum Gasteiger partial charge on any atom is 0.255 e. The van der Waals surface area contributed by atoms with Gasteiger partial charge in [-0.3, -0.25) is 4.79 Å². The van der Waals surface area contributed by atoms with Gasteiger partial charge >= 0.3 is 0 Å². The number of halogens is 2. The van der Waals surface area contributed by atoms with E-state index in [-0.39, 0.29) is 15.6 Å². The van der Waals surface area contributed by atoms with E-state index in [2.05, 4.69) is 5.32 Å². The Kier molecular flexibility index (Phi) is 5.17. The van der Waals surface area contributed by atoms with Gasteiger partial charge in [0.05, 0.1) is 21.1 Å². The zero-order chi connectivity index (χ0) is 15.5. The van der Waals surface area contributed by atoms with Crippen molar-refractivity contribution in [3.05, 3.63) is 34.6 Å². The van der Waals surface area contributed by atoms with Gasteiger partial charge in [0.15, 0.2) is 5.82 Å². The highest BCUT2D eigenvalue weighted by atomic mass is 35.5. The van der Waals surface area contributed by atoms with Gasteiger partial charge in [0.2, 0.25) is 0 Å². The Balaban J connectivity index is 2.26. The first-order valence-corrected chi connectivity index (χ1v) is 7.81. The fourth-order valence-electron chi connectivity index (χ4n) is 2.73. The number of nitrogens with two attached hydrogens (primary N) is 1. The molecule has 1 aromatic rings. The van der Waals surface area contributed by atoms with Crippen LogP contribution in [0.1, 0.15) is 48.9 Å². The van der Waals surface area contributed by atoms with Gasteiger partial charge in [0, 0.05) is 0 Å². The van der Waals surface area contributed by atoms with Gasteiger partial charge in [-0.2, -0.15) is 0 Å². The molecule has 0 aromatic heterocycles. The zero-order valence-corrected chi connectivity index (χ0v) is 13.2. The number of rotatable bonds is 3. The summed E-state index contributed by atoms with van der Waals surface area (Å²) in [5, 5.41) is 2.78. The summed E-state index contributed by atoms with van der Waals surface area (Å²) in [4.78, 5) is 12.6. The van der Waals surface area contributed by atoms with Gasteiger partial charge in [0.25, 0.3) is 5.91 Å². The number of hydrogen-bond acceptors (Lipinski definition) is 2. The molecule has 6 heteroatoms. The van der Waals surface area contributed by atoms with Gasteiger partial charge < -0.3 is 11.1 Å². The summed E-state index contributed by atoms with van der Waals surface area (Å²) in [6.45, 7) is 0. The topological polar surface area (TPSA) is 55.1 Å². The number of carbonyl (C=O) groups is 1. The maximum absolute atomic E-state index is 14.0. The Morgan fingerprint density at radius 2 is 1.90 bits per heavy atom. The first-order valence-electron chi connectivity index (χ1n) is 7.03. The van der Waals surface area contributed by atoms with E-state index in [9.17, 15) is 9.18 Å². The van der Waals surface area contributed by atoms with Crippen molar-refractivity contribution >= 4 is 34.7 Å². The molecule has 0 saturated heterocycles. The van der Waals surface area contributed by atoms with E-state index in [1.54, 1.807) is 6.07 Å². The quantitative estimate of drug-likeness (QED) is 0.658. The third-order valence-electron chi connectivity index (χ3n) is 3.98. The molecule has 0 atom stereocenters. The van der Waals surface area contributed by atoms with Gasteiger partial charge in [-0.25, -0.2) is 4.39 Å². The molecule has 0 spiro atoms. The summed E-state index contributed by atoms with van der Waals surface area (Å²) in [5.41, 5.74) is 5.06. The van der Waals surface area contributed by atoms with Crippen LogP contribution in [0.4, 0.5) is 4.39 Å². The molecule has 1 aliphatic carbocycles. The van der Waals surface area contributed by atoms with Crippen LogP contribution in [0.3, 0.4) is 0 Å². The summed E-state index contributed by atoms with van der Waals surface area (Å²) < 4.78 is 14.0. The summed E-state index contributed by atoms with van der Waals surface area (Å²) in [5.74, 6) is -1.24. The van der Waals surface area contributed by atoms with Crippen LogP contribution in [0.2, 0.25) is 5.02 Å². The van der Waals surface area contributed by atoms with E-state index in [4.69, 9.17) is 29.6 Å². The summed E-state index contributed by atoms with van der Waals surface area (Å²) in [6.07, 6.45) is 5.44. The van der Waals surface area contributed by atoms with Crippen LogP contribution >= 0.6 is 23.8 Å². The first kappa shape index (κ1) is 16.2. The Bertz CT molecular complexity index is 557. The van der Waals surface area contributed by atoms with Gasteiger partial charge in [0.1, 0.15) is 0 Å². The van der Waals surface area contributed by atoms with Crippen molar-refractivity contribution < 1.29 is 9.18 Å². The standard InChI is InChI=1S/C15H18ClFN2OS/c16-11-7-5-6-10(12(11)17)13(20)19-15(14(18)21)8-3-1-2-4-9-15/h5-7H,1-4,8-9H2,(H2,18,21)(H,19,20). The van der Waals surface area contributed by atoms with Crippen LogP contribution in [0.15, 0.2) is 18.2 Å². The Labute approximate surface area is 134 Å². The summed E-state index contributed by atoms with van der Waals surface area (Å²) in [6, 6.07) is 4.35. The zero-order valence-electron chi connectivity index (χ0n) is 11.6. The van der Waals surface area contributed by atoms with Crippen LogP contribution in [0, 0.1) is 5.82 Å². The van der Waals surface area contributed by atoms with Crippen LogP contribution in [-0.4, -0.2) is 16.4 Å². The summed E-state index contributed by atoms with van der Waals surface area (Å²) in [7, 11) is 0. The second kappa shape index (κ2) is 6.71. The average Bonchev–Trinajstić information content (AvgIpc) is 2.68. The lowest BCUT2D eigenvalue weighted by Gasteiger charge is -2.33. The van der Waals surface area contributed by atoms with Crippen molar-refractivity contribution in [3.63, 3.8) is 0 Å². The fourth-order valence-corrected chi connectivity index (χ4v) is 3.16.